The van der Waals surface area contributed by atoms with Crippen LogP contribution in [0, 0.1) is 0 Å². The number of pyridine rings is 2. The number of nitrogens with zero attached hydrogens (tertiary/aromatic N) is 6. The number of aromatic amines is 1. The van der Waals surface area contributed by atoms with E-state index >= 15 is 0 Å². The van der Waals surface area contributed by atoms with Crippen LogP contribution in [0.15, 0.2) is 58.1 Å². The lowest BCUT2D eigenvalue weighted by Gasteiger charge is -2.32. The fraction of sp³-hybridized carbons (Fsp3) is 0.387. The Labute approximate surface area is 257 Å². The second-order valence-electron chi connectivity index (χ2n) is 11.4. The van der Waals surface area contributed by atoms with Gasteiger partial charge in [-0.15, -0.1) is 0 Å². The van der Waals surface area contributed by atoms with E-state index in [1.54, 1.807) is 25.6 Å². The van der Waals surface area contributed by atoms with Crippen molar-refractivity contribution >= 4 is 22.6 Å². The molecule has 0 radical (unpaired) electrons. The van der Waals surface area contributed by atoms with Gasteiger partial charge in [-0.1, -0.05) is 28.9 Å². The highest BCUT2D eigenvalue weighted by atomic mass is 35.5. The average molecular weight is 618 g/mol. The van der Waals surface area contributed by atoms with Crippen LogP contribution in [0.4, 0.5) is 0 Å². The zero-order valence-electron chi connectivity index (χ0n) is 24.6. The summed E-state index contributed by atoms with van der Waals surface area (Å²) < 4.78 is 25.2. The predicted molar refractivity (Wildman–Crippen MR) is 162 cm³/mol. The number of hydrogen-bond acceptors (Lipinski definition) is 10. The van der Waals surface area contributed by atoms with Crippen LogP contribution in [0.5, 0.6) is 11.5 Å². The first-order valence-corrected chi connectivity index (χ1v) is 15.0. The number of H-pyrrole nitrogens is 1. The minimum atomic E-state index is -1.01. The Morgan fingerprint density at radius 1 is 1.16 bits per heavy atom. The van der Waals surface area contributed by atoms with Crippen molar-refractivity contribution in [1.82, 2.24) is 34.6 Å². The number of para-hydroxylation sites is 1. The largest absolute Gasteiger partial charge is 0.443 e. The van der Waals surface area contributed by atoms with Gasteiger partial charge in [0.05, 0.1) is 41.4 Å². The maximum Gasteiger partial charge on any atom is 0.439 e. The molecular weight excluding hydrogens is 586 g/mol. The molecule has 44 heavy (non-hydrogen) atoms. The van der Waals surface area contributed by atoms with E-state index in [-0.39, 0.29) is 11.9 Å². The standard InChI is InChI=1S/C31H32ClN7O5/c1-18(41-3)16-39-24-15-33-23(29-36-30(40)44-37-29)13-22(24)35-27(39)17-38-11-9-19(10-12-38)21-5-4-6-25-28(21)43-31(2,42-25)26-8-7-20(32)14-34-26/h4-8,13-15,18-19H,9-12,16-17H2,1-3H3,(H,36,37,40)/t18-,31?/m0/s1. The third-order valence-electron chi connectivity index (χ3n) is 8.43. The third kappa shape index (κ3) is 5.33. The van der Waals surface area contributed by atoms with Gasteiger partial charge in [0, 0.05) is 25.8 Å². The summed E-state index contributed by atoms with van der Waals surface area (Å²) in [4.78, 5) is 30.4. The van der Waals surface area contributed by atoms with Crippen LogP contribution in [0.1, 0.15) is 49.7 Å². The summed E-state index contributed by atoms with van der Waals surface area (Å²) in [7, 11) is 1.70. The minimum absolute atomic E-state index is 0.0142. The van der Waals surface area contributed by atoms with Crippen LogP contribution in [0.2, 0.25) is 5.02 Å². The molecule has 1 unspecified atom stereocenters. The fourth-order valence-corrected chi connectivity index (χ4v) is 6.13. The van der Waals surface area contributed by atoms with E-state index in [0.717, 1.165) is 59.9 Å². The van der Waals surface area contributed by atoms with E-state index in [0.29, 0.717) is 35.4 Å². The maximum atomic E-state index is 11.5. The molecule has 1 saturated heterocycles. The lowest BCUT2D eigenvalue weighted by molar-refractivity contribution is -0.0722. The molecule has 0 amide bonds. The summed E-state index contributed by atoms with van der Waals surface area (Å²) in [5.74, 6) is 1.40. The Morgan fingerprint density at radius 3 is 2.73 bits per heavy atom. The summed E-state index contributed by atoms with van der Waals surface area (Å²) in [6.45, 7) is 7.03. The van der Waals surface area contributed by atoms with Crippen molar-refractivity contribution in [3.8, 4) is 23.0 Å². The van der Waals surface area contributed by atoms with E-state index in [1.807, 2.05) is 38.1 Å². The lowest BCUT2D eigenvalue weighted by atomic mass is 9.88. The van der Waals surface area contributed by atoms with Gasteiger partial charge in [0.25, 0.3) is 5.79 Å². The number of ether oxygens (including phenoxy) is 3. The van der Waals surface area contributed by atoms with Gasteiger partial charge in [0.2, 0.25) is 5.82 Å². The molecule has 1 fully saturated rings. The summed E-state index contributed by atoms with van der Waals surface area (Å²) >= 11 is 6.05. The second kappa shape index (κ2) is 11.3. The minimum Gasteiger partial charge on any atom is -0.443 e. The Balaban J connectivity index is 1.08. The number of halogens is 1. The summed E-state index contributed by atoms with van der Waals surface area (Å²) in [6, 6.07) is 11.6. The summed E-state index contributed by atoms with van der Waals surface area (Å²) in [6.07, 6.45) is 5.28. The van der Waals surface area contributed by atoms with E-state index in [4.69, 9.17) is 30.8 Å². The lowest BCUT2D eigenvalue weighted by Crippen LogP contribution is -2.34. The molecule has 12 nitrogen and oxygen atoms in total. The van der Waals surface area contributed by atoms with Crippen LogP contribution in [0.25, 0.3) is 22.6 Å². The SMILES string of the molecule is CO[C@@H](C)Cn1c(CN2CCC(c3cccc4c3OC(C)(c3ccc(Cl)cn3)O4)CC2)nc2cc(-c3noc(=O)[nH]3)ncc21. The van der Waals surface area contributed by atoms with Crippen LogP contribution >= 0.6 is 11.6 Å². The normalized spacial score (nSPS) is 19.5. The summed E-state index contributed by atoms with van der Waals surface area (Å²) in [5, 5.41) is 4.33. The van der Waals surface area contributed by atoms with E-state index in [1.165, 1.54) is 0 Å². The number of imidazole rings is 1. The molecule has 0 aliphatic carbocycles. The van der Waals surface area contributed by atoms with Crippen LogP contribution < -0.4 is 15.2 Å². The fourth-order valence-electron chi connectivity index (χ4n) is 6.02. The molecule has 6 heterocycles. The van der Waals surface area contributed by atoms with E-state index in [2.05, 4.69) is 40.2 Å². The number of aromatic nitrogens is 6. The van der Waals surface area contributed by atoms with Gasteiger partial charge in [-0.05, 0) is 63.0 Å². The quantitative estimate of drug-likeness (QED) is 0.257. The van der Waals surface area contributed by atoms with Crippen LogP contribution in [-0.2, 0) is 23.6 Å². The average Bonchev–Trinajstić information content (AvgIpc) is 3.72. The third-order valence-corrected chi connectivity index (χ3v) is 8.66. The van der Waals surface area contributed by atoms with Crippen LogP contribution in [0.3, 0.4) is 0 Å². The molecule has 13 heteroatoms. The highest BCUT2D eigenvalue weighted by Crippen LogP contribution is 2.49. The number of piperidine rings is 1. The van der Waals surface area contributed by atoms with E-state index < -0.39 is 11.5 Å². The Morgan fingerprint density at radius 2 is 2.00 bits per heavy atom. The molecule has 1 N–H and O–H groups in total. The molecule has 4 aromatic heterocycles. The zero-order valence-corrected chi connectivity index (χ0v) is 25.4. The first-order valence-electron chi connectivity index (χ1n) is 14.6. The molecule has 0 bridgehead atoms. The molecule has 2 aliphatic heterocycles. The van der Waals surface area contributed by atoms with Gasteiger partial charge in [0.15, 0.2) is 11.5 Å². The number of rotatable bonds is 8. The van der Waals surface area contributed by atoms with Crippen molar-refractivity contribution in [3.63, 3.8) is 0 Å². The van der Waals surface area contributed by atoms with Crippen molar-refractivity contribution in [1.29, 1.82) is 0 Å². The van der Waals surface area contributed by atoms with Crippen molar-refractivity contribution in [2.75, 3.05) is 20.2 Å². The Bertz CT molecular complexity index is 1860. The molecule has 2 aliphatic rings. The van der Waals surface area contributed by atoms with Gasteiger partial charge < -0.3 is 18.8 Å². The van der Waals surface area contributed by atoms with Crippen molar-refractivity contribution in [2.24, 2.45) is 0 Å². The Kier molecular flexibility index (Phi) is 7.35. The predicted octanol–water partition coefficient (Wildman–Crippen LogP) is 4.88. The molecule has 2 atom stereocenters. The molecule has 0 saturated carbocycles. The smallest absolute Gasteiger partial charge is 0.439 e. The van der Waals surface area contributed by atoms with Gasteiger partial charge >= 0.3 is 5.76 Å². The number of methoxy groups -OCH3 is 1. The number of likely N-dealkylation sites (tertiary alicyclic amines) is 1. The topological polar surface area (TPSA) is 133 Å². The molecule has 5 aromatic rings. The highest BCUT2D eigenvalue weighted by Gasteiger charge is 2.42. The van der Waals surface area contributed by atoms with Gasteiger partial charge in [0.1, 0.15) is 17.2 Å². The Hall–Kier alpha value is -4.26. The van der Waals surface area contributed by atoms with Crippen LogP contribution in [-0.4, -0.2) is 60.9 Å². The molecule has 1 aromatic carbocycles. The van der Waals surface area contributed by atoms with Crippen molar-refractivity contribution in [2.45, 2.75) is 57.6 Å². The molecule has 228 valence electrons. The van der Waals surface area contributed by atoms with Crippen molar-refractivity contribution in [3.05, 3.63) is 81.4 Å². The molecule has 0 spiro atoms. The molecule has 7 rings (SSSR count). The van der Waals surface area contributed by atoms with Gasteiger partial charge in [-0.25, -0.2) is 9.78 Å². The number of fused-ring (bicyclic) bond motifs is 2. The second-order valence-corrected chi connectivity index (χ2v) is 11.9. The van der Waals surface area contributed by atoms with Gasteiger partial charge in [-0.2, -0.15) is 0 Å². The number of hydrogen-bond donors (Lipinski definition) is 1. The van der Waals surface area contributed by atoms with Crippen molar-refractivity contribution < 1.29 is 18.7 Å². The number of nitrogens with one attached hydrogen (secondary N) is 1. The highest BCUT2D eigenvalue weighted by molar-refractivity contribution is 6.30. The van der Waals surface area contributed by atoms with E-state index in [9.17, 15) is 4.79 Å². The first kappa shape index (κ1) is 28.5. The first-order chi connectivity index (χ1) is 21.3. The monoisotopic (exact) mass is 617 g/mol. The maximum absolute atomic E-state index is 11.5. The summed E-state index contributed by atoms with van der Waals surface area (Å²) in [5.41, 5.74) is 3.97. The van der Waals surface area contributed by atoms with Gasteiger partial charge in [-0.3, -0.25) is 24.4 Å². The molecular formula is C31H32ClN7O5. The zero-order chi connectivity index (χ0) is 30.4. The number of benzene rings is 1.